The van der Waals surface area contributed by atoms with Crippen molar-refractivity contribution in [3.8, 4) is 0 Å². The van der Waals surface area contributed by atoms with Crippen LogP contribution in [-0.2, 0) is 43.1 Å². The first kappa shape index (κ1) is 22.7. The van der Waals surface area contributed by atoms with Crippen molar-refractivity contribution in [2.24, 2.45) is 0 Å². The second-order valence-corrected chi connectivity index (χ2v) is 1.22. The zero-order valence-corrected chi connectivity index (χ0v) is 9.69. The molecule has 0 aliphatic heterocycles. The van der Waals surface area contributed by atoms with Crippen molar-refractivity contribution in [3.05, 3.63) is 0 Å². The molecule has 10 heteroatoms. The van der Waals surface area contributed by atoms with Gasteiger partial charge in [-0.1, -0.05) is 0 Å². The molecular formula is CaO6PdS2. The minimum Gasteiger partial charge on any atom is -0.784 e. The van der Waals surface area contributed by atoms with Gasteiger partial charge in [0.2, 0.25) is 0 Å². The van der Waals surface area contributed by atoms with Gasteiger partial charge in [-0.15, -0.1) is 22.7 Å². The van der Waals surface area contributed by atoms with Gasteiger partial charge in [0.15, 0.2) is 0 Å². The van der Waals surface area contributed by atoms with Crippen molar-refractivity contribution in [2.75, 3.05) is 0 Å². The molecule has 60 valence electrons. The van der Waals surface area contributed by atoms with Crippen LogP contribution in [0.5, 0.6) is 0 Å². The van der Waals surface area contributed by atoms with Crippen LogP contribution in [0.15, 0.2) is 0 Å². The van der Waals surface area contributed by atoms with Gasteiger partial charge in [-0.2, -0.15) is 0 Å². The van der Waals surface area contributed by atoms with Gasteiger partial charge in [-0.25, -0.2) is 0 Å². The van der Waals surface area contributed by atoms with Crippen LogP contribution in [0.25, 0.3) is 0 Å². The molecule has 0 unspecified atom stereocenters. The van der Waals surface area contributed by atoms with E-state index in [0.29, 0.717) is 0 Å². The first-order valence-electron chi connectivity index (χ1n) is 1.00. The van der Waals surface area contributed by atoms with Gasteiger partial charge in [0.05, 0.1) is 0 Å². The number of hydrogen-bond acceptors (Lipinski definition) is 6. The molecule has 0 aromatic rings. The molecular weight excluding hydrogens is 307 g/mol. The predicted octanol–water partition coefficient (Wildman–Crippen LogP) is -2.39. The summed E-state index contributed by atoms with van der Waals surface area (Å²) in [7, 11) is 0. The first-order valence-corrected chi connectivity index (χ1v) is 3.00. The quantitative estimate of drug-likeness (QED) is 0.363. The van der Waals surface area contributed by atoms with Gasteiger partial charge in [0, 0.05) is 0 Å². The topological polar surface area (TPSA) is 126 Å². The molecule has 6 nitrogen and oxygen atoms in total. The minimum atomic E-state index is -3.11. The Morgan fingerprint density at radius 3 is 0.800 bits per heavy atom. The Bertz CT molecular complexity index is 73.7. The molecule has 0 aliphatic rings. The van der Waals surface area contributed by atoms with Crippen molar-refractivity contribution < 1.29 is 47.1 Å². The molecule has 0 saturated heterocycles. The average molecular weight is 307 g/mol. The molecule has 0 amide bonds. The van der Waals surface area contributed by atoms with Crippen molar-refractivity contribution in [3.63, 3.8) is 0 Å². The van der Waals surface area contributed by atoms with E-state index in [0.717, 1.165) is 0 Å². The fraction of sp³-hybridized carbons (Fsp3) is 0. The second-order valence-electron chi connectivity index (χ2n) is 0.408. The SMILES string of the molecule is O=S([O-])[O-].O=S([O-])[O-].[Ca+2].[Pd+2]. The van der Waals surface area contributed by atoms with Crippen LogP contribution in [0.2, 0.25) is 0 Å². The summed E-state index contributed by atoms with van der Waals surface area (Å²) in [5.41, 5.74) is 0. The molecule has 0 aromatic carbocycles. The van der Waals surface area contributed by atoms with Crippen LogP contribution >= 0.6 is 0 Å². The number of hydrogen-bond donors (Lipinski definition) is 0. The fourth-order valence-corrected chi connectivity index (χ4v) is 0. The van der Waals surface area contributed by atoms with Crippen LogP contribution in [0, 0.1) is 0 Å². The van der Waals surface area contributed by atoms with Crippen molar-refractivity contribution in [1.29, 1.82) is 0 Å². The van der Waals surface area contributed by atoms with Crippen molar-refractivity contribution >= 4 is 60.5 Å². The zero-order valence-electron chi connectivity index (χ0n) is 4.29. The summed E-state index contributed by atoms with van der Waals surface area (Å²) >= 11 is -6.22. The Morgan fingerprint density at radius 1 is 0.800 bits per heavy atom. The summed E-state index contributed by atoms with van der Waals surface area (Å²) in [5, 5.41) is 0. The van der Waals surface area contributed by atoms with E-state index >= 15 is 0 Å². The fourth-order valence-electron chi connectivity index (χ4n) is 0. The summed E-state index contributed by atoms with van der Waals surface area (Å²) in [6.07, 6.45) is 0. The maximum absolute atomic E-state index is 8.44. The average Bonchev–Trinajstić information content (AvgIpc) is 1.25. The van der Waals surface area contributed by atoms with Gasteiger partial charge in [-0.05, 0) is 0 Å². The molecule has 0 bridgehead atoms. The molecule has 0 N–H and O–H groups in total. The molecule has 0 fully saturated rings. The standard InChI is InChI=1S/Ca.2H2O3S.Pd/c;2*1-4(2)3;/h;2*(H2,1,2,3);/q+2;;;+2/p-4. The van der Waals surface area contributed by atoms with E-state index in [1.807, 2.05) is 0 Å². The molecule has 0 atom stereocenters. The molecule has 0 aliphatic carbocycles. The summed E-state index contributed by atoms with van der Waals surface area (Å²) in [5.74, 6) is 0. The summed E-state index contributed by atoms with van der Waals surface area (Å²) in [6, 6.07) is 0. The van der Waals surface area contributed by atoms with Crippen molar-refractivity contribution in [2.45, 2.75) is 0 Å². The van der Waals surface area contributed by atoms with E-state index in [9.17, 15) is 0 Å². The van der Waals surface area contributed by atoms with Gasteiger partial charge >= 0.3 is 58.2 Å². The first-order chi connectivity index (χ1) is 3.46. The van der Waals surface area contributed by atoms with E-state index in [4.69, 9.17) is 26.6 Å². The second kappa shape index (κ2) is 17.2. The van der Waals surface area contributed by atoms with Gasteiger partial charge in [0.1, 0.15) is 0 Å². The molecule has 0 spiro atoms. The van der Waals surface area contributed by atoms with E-state index in [2.05, 4.69) is 0 Å². The van der Waals surface area contributed by atoms with Gasteiger partial charge < -0.3 is 18.2 Å². The monoisotopic (exact) mass is 306 g/mol. The molecule has 0 heterocycles. The zero-order chi connectivity index (χ0) is 7.15. The third-order valence-corrected chi connectivity index (χ3v) is 0. The maximum atomic E-state index is 8.44. The molecule has 0 rings (SSSR count). The molecule has 10 heavy (non-hydrogen) atoms. The van der Waals surface area contributed by atoms with E-state index in [1.165, 1.54) is 0 Å². The maximum Gasteiger partial charge on any atom is 2.00 e. The van der Waals surface area contributed by atoms with Gasteiger partial charge in [0.25, 0.3) is 0 Å². The van der Waals surface area contributed by atoms with Crippen LogP contribution in [0.4, 0.5) is 0 Å². The van der Waals surface area contributed by atoms with Crippen LogP contribution in [-0.4, -0.2) is 64.4 Å². The van der Waals surface area contributed by atoms with Gasteiger partial charge in [-0.3, -0.25) is 8.42 Å². The Labute approximate surface area is 106 Å². The van der Waals surface area contributed by atoms with Crippen molar-refractivity contribution in [1.82, 2.24) is 0 Å². The summed E-state index contributed by atoms with van der Waals surface area (Å²) < 4.78 is 50.7. The van der Waals surface area contributed by atoms with E-state index < -0.39 is 22.7 Å². The molecule has 0 saturated carbocycles. The normalized spacial score (nSPS) is 7.00. The Hall–Kier alpha value is 2.06. The van der Waals surface area contributed by atoms with Crippen LogP contribution in [0.1, 0.15) is 0 Å². The van der Waals surface area contributed by atoms with E-state index in [-0.39, 0.29) is 58.2 Å². The third-order valence-electron chi connectivity index (χ3n) is 0. The largest absolute Gasteiger partial charge is 2.00 e. The third kappa shape index (κ3) is 194. The van der Waals surface area contributed by atoms with Crippen LogP contribution < -0.4 is 0 Å². The predicted molar refractivity (Wildman–Crippen MR) is 25.1 cm³/mol. The summed E-state index contributed by atoms with van der Waals surface area (Å²) in [6.45, 7) is 0. The smallest absolute Gasteiger partial charge is 0.784 e. The molecule has 0 aromatic heterocycles. The molecule has 0 radical (unpaired) electrons. The summed E-state index contributed by atoms with van der Waals surface area (Å²) in [4.78, 5) is 0. The van der Waals surface area contributed by atoms with Crippen LogP contribution in [0.3, 0.4) is 0 Å². The number of rotatable bonds is 0. The van der Waals surface area contributed by atoms with E-state index in [1.54, 1.807) is 0 Å². The Morgan fingerprint density at radius 2 is 0.800 bits per heavy atom. The Kier molecular flexibility index (Phi) is 39.1. The minimum absolute atomic E-state index is 0. The Balaban J connectivity index is -0.0000000300.